The molecule has 0 spiro atoms. The highest BCUT2D eigenvalue weighted by atomic mass is 32.2. The van der Waals surface area contributed by atoms with E-state index in [0.29, 0.717) is 5.75 Å². The first-order valence-corrected chi connectivity index (χ1v) is 6.28. The molecule has 0 amide bonds. The van der Waals surface area contributed by atoms with Gasteiger partial charge in [0.25, 0.3) is 0 Å². The van der Waals surface area contributed by atoms with Crippen molar-refractivity contribution >= 4 is 17.4 Å². The Morgan fingerprint density at radius 2 is 2.06 bits per heavy atom. The van der Waals surface area contributed by atoms with E-state index in [0.717, 1.165) is 11.8 Å². The molecule has 2 N–H and O–H groups in total. The van der Waals surface area contributed by atoms with Gasteiger partial charge in [0.1, 0.15) is 5.75 Å². The maximum Gasteiger partial charge on any atom is 0.420 e. The molecule has 0 aliphatic carbocycles. The first-order chi connectivity index (χ1) is 7.95. The first kappa shape index (κ1) is 14.0. The maximum absolute atomic E-state index is 12.7. The molecule has 0 atom stereocenters. The number of nitrogen functional groups attached to an aromatic ring is 1. The summed E-state index contributed by atoms with van der Waals surface area (Å²) in [6, 6.07) is 3.55. The number of rotatable bonds is 5. The van der Waals surface area contributed by atoms with Crippen LogP contribution in [0.5, 0.6) is 5.75 Å². The van der Waals surface area contributed by atoms with Gasteiger partial charge in [-0.25, -0.2) is 0 Å². The van der Waals surface area contributed by atoms with Crippen molar-refractivity contribution in [2.45, 2.75) is 13.1 Å². The smallest absolute Gasteiger partial charge is 0.420 e. The predicted octanol–water partition coefficient (Wildman–Crippen LogP) is 3.42. The monoisotopic (exact) mass is 265 g/mol. The van der Waals surface area contributed by atoms with Crippen LogP contribution in [0.2, 0.25) is 0 Å². The fraction of sp³-hybridized carbons (Fsp3) is 0.455. The fourth-order valence-electron chi connectivity index (χ4n) is 1.25. The van der Waals surface area contributed by atoms with Gasteiger partial charge in [-0.2, -0.15) is 24.9 Å². The Bertz CT molecular complexity index is 368. The van der Waals surface area contributed by atoms with E-state index in [4.69, 9.17) is 10.5 Å². The van der Waals surface area contributed by atoms with E-state index < -0.39 is 11.7 Å². The molecule has 0 heterocycles. The van der Waals surface area contributed by atoms with E-state index in [1.165, 1.54) is 12.1 Å². The normalized spacial score (nSPS) is 11.5. The summed E-state index contributed by atoms with van der Waals surface area (Å²) in [4.78, 5) is 0. The molecule has 0 fully saturated rings. The standard InChI is InChI=1S/C11H14F3NOS/c1-2-17-6-5-16-10-4-3-8(15)7-9(10)11(12,13)14/h3-4,7H,2,5-6,15H2,1H3. The quantitative estimate of drug-likeness (QED) is 0.654. The molecular weight excluding hydrogens is 251 g/mol. The number of ether oxygens (including phenoxy) is 1. The van der Waals surface area contributed by atoms with Crippen molar-refractivity contribution in [3.63, 3.8) is 0 Å². The molecule has 0 unspecified atom stereocenters. The van der Waals surface area contributed by atoms with Crippen molar-refractivity contribution in [3.8, 4) is 5.75 Å². The van der Waals surface area contributed by atoms with E-state index in [-0.39, 0.29) is 18.0 Å². The largest absolute Gasteiger partial charge is 0.492 e. The number of nitrogens with two attached hydrogens (primary N) is 1. The number of anilines is 1. The summed E-state index contributed by atoms with van der Waals surface area (Å²) in [5.74, 6) is 1.42. The van der Waals surface area contributed by atoms with Gasteiger partial charge in [0, 0.05) is 11.4 Å². The molecular formula is C11H14F3NOS. The zero-order chi connectivity index (χ0) is 12.9. The molecule has 0 saturated heterocycles. The van der Waals surface area contributed by atoms with E-state index in [1.54, 1.807) is 11.8 Å². The number of hydrogen-bond donors (Lipinski definition) is 1. The van der Waals surface area contributed by atoms with Crippen LogP contribution in [0.4, 0.5) is 18.9 Å². The Morgan fingerprint density at radius 3 is 2.65 bits per heavy atom. The summed E-state index contributed by atoms with van der Waals surface area (Å²) in [5.41, 5.74) is 4.60. The molecule has 0 aromatic heterocycles. The van der Waals surface area contributed by atoms with Gasteiger partial charge in [0.2, 0.25) is 0 Å². The zero-order valence-electron chi connectivity index (χ0n) is 9.38. The van der Waals surface area contributed by atoms with Gasteiger partial charge in [-0.1, -0.05) is 6.92 Å². The topological polar surface area (TPSA) is 35.2 Å². The van der Waals surface area contributed by atoms with Crippen molar-refractivity contribution in [2.24, 2.45) is 0 Å². The summed E-state index contributed by atoms with van der Waals surface area (Å²) in [6.45, 7) is 2.24. The number of benzene rings is 1. The lowest BCUT2D eigenvalue weighted by atomic mass is 10.1. The Labute approximate surface area is 102 Å². The number of alkyl halides is 3. The summed E-state index contributed by atoms with van der Waals surface area (Å²) < 4.78 is 43.1. The number of halogens is 3. The third kappa shape index (κ3) is 4.38. The van der Waals surface area contributed by atoms with Crippen LogP contribution >= 0.6 is 11.8 Å². The van der Waals surface area contributed by atoms with Crippen molar-refractivity contribution in [3.05, 3.63) is 23.8 Å². The molecule has 1 rings (SSSR count). The molecule has 1 aromatic rings. The van der Waals surface area contributed by atoms with E-state index in [1.807, 2.05) is 6.92 Å². The summed E-state index contributed by atoms with van der Waals surface area (Å²) in [7, 11) is 0. The van der Waals surface area contributed by atoms with Crippen LogP contribution in [0.25, 0.3) is 0 Å². The van der Waals surface area contributed by atoms with Crippen molar-refractivity contribution in [1.29, 1.82) is 0 Å². The van der Waals surface area contributed by atoms with E-state index >= 15 is 0 Å². The fourth-order valence-corrected chi connectivity index (χ4v) is 1.74. The maximum atomic E-state index is 12.7. The third-order valence-electron chi connectivity index (χ3n) is 2.00. The Balaban J connectivity index is 2.77. The van der Waals surface area contributed by atoms with Crippen molar-refractivity contribution < 1.29 is 17.9 Å². The molecule has 1 aromatic carbocycles. The molecule has 0 saturated carbocycles. The Kier molecular flexibility index (Phi) is 4.99. The van der Waals surface area contributed by atoms with Gasteiger partial charge in [0.15, 0.2) is 0 Å². The number of hydrogen-bond acceptors (Lipinski definition) is 3. The molecule has 0 bridgehead atoms. The highest BCUT2D eigenvalue weighted by Gasteiger charge is 2.34. The van der Waals surface area contributed by atoms with Gasteiger partial charge < -0.3 is 10.5 Å². The third-order valence-corrected chi connectivity index (χ3v) is 2.86. The lowest BCUT2D eigenvalue weighted by Gasteiger charge is -2.14. The molecule has 0 radical (unpaired) electrons. The lowest BCUT2D eigenvalue weighted by Crippen LogP contribution is -2.11. The van der Waals surface area contributed by atoms with Crippen LogP contribution in [-0.2, 0) is 6.18 Å². The minimum atomic E-state index is -4.44. The highest BCUT2D eigenvalue weighted by molar-refractivity contribution is 7.99. The summed E-state index contributed by atoms with van der Waals surface area (Å²) in [5, 5.41) is 0. The minimum absolute atomic E-state index is 0.0765. The van der Waals surface area contributed by atoms with Crippen LogP contribution in [0, 0.1) is 0 Å². The van der Waals surface area contributed by atoms with Crippen LogP contribution in [-0.4, -0.2) is 18.1 Å². The molecule has 0 aliphatic rings. The van der Waals surface area contributed by atoms with Gasteiger partial charge in [-0.3, -0.25) is 0 Å². The van der Waals surface area contributed by atoms with E-state index in [9.17, 15) is 13.2 Å². The first-order valence-electron chi connectivity index (χ1n) is 5.12. The zero-order valence-corrected chi connectivity index (χ0v) is 10.2. The molecule has 6 heteroatoms. The summed E-state index contributed by atoms with van der Waals surface area (Å²) in [6.07, 6.45) is -4.44. The average Bonchev–Trinajstić information content (AvgIpc) is 2.25. The number of thioether (sulfide) groups is 1. The predicted molar refractivity (Wildman–Crippen MR) is 64.4 cm³/mol. The second-order valence-electron chi connectivity index (χ2n) is 3.30. The Hall–Kier alpha value is -1.04. The minimum Gasteiger partial charge on any atom is -0.492 e. The van der Waals surface area contributed by atoms with Crippen molar-refractivity contribution in [1.82, 2.24) is 0 Å². The van der Waals surface area contributed by atoms with Crippen LogP contribution in [0.1, 0.15) is 12.5 Å². The second-order valence-corrected chi connectivity index (χ2v) is 4.69. The van der Waals surface area contributed by atoms with Gasteiger partial charge in [-0.15, -0.1) is 0 Å². The summed E-state index contributed by atoms with van der Waals surface area (Å²) >= 11 is 1.61. The van der Waals surface area contributed by atoms with Crippen LogP contribution in [0.3, 0.4) is 0 Å². The van der Waals surface area contributed by atoms with Gasteiger partial charge in [0.05, 0.1) is 12.2 Å². The Morgan fingerprint density at radius 1 is 1.35 bits per heavy atom. The second kappa shape index (κ2) is 6.05. The SMILES string of the molecule is CCSCCOc1ccc(N)cc1C(F)(F)F. The van der Waals surface area contributed by atoms with Crippen LogP contribution < -0.4 is 10.5 Å². The van der Waals surface area contributed by atoms with Crippen molar-refractivity contribution in [2.75, 3.05) is 23.8 Å². The molecule has 96 valence electrons. The van der Waals surface area contributed by atoms with E-state index in [2.05, 4.69) is 0 Å². The molecule has 2 nitrogen and oxygen atoms in total. The van der Waals surface area contributed by atoms with Crippen LogP contribution in [0.15, 0.2) is 18.2 Å². The molecule has 0 aliphatic heterocycles. The molecule has 17 heavy (non-hydrogen) atoms. The lowest BCUT2D eigenvalue weighted by molar-refractivity contribution is -0.138. The highest BCUT2D eigenvalue weighted by Crippen LogP contribution is 2.37. The van der Waals surface area contributed by atoms with Gasteiger partial charge >= 0.3 is 6.18 Å². The van der Waals surface area contributed by atoms with Gasteiger partial charge in [-0.05, 0) is 24.0 Å². The average molecular weight is 265 g/mol.